The number of pyridine rings is 1. The molecule has 0 saturated carbocycles. The maximum Gasteiger partial charge on any atom is 0.417 e. The second kappa shape index (κ2) is 5.55. The third-order valence-electron chi connectivity index (χ3n) is 2.98. The van der Waals surface area contributed by atoms with E-state index in [4.69, 9.17) is 5.73 Å². The minimum absolute atomic E-state index is 0.0567. The van der Waals surface area contributed by atoms with Crippen LogP contribution in [0.5, 0.6) is 0 Å². The molecule has 1 amide bonds. The summed E-state index contributed by atoms with van der Waals surface area (Å²) in [4.78, 5) is 14.8. The van der Waals surface area contributed by atoms with Crippen molar-refractivity contribution in [3.05, 3.63) is 53.3 Å². The van der Waals surface area contributed by atoms with E-state index >= 15 is 0 Å². The highest BCUT2D eigenvalue weighted by Gasteiger charge is 2.34. The molecule has 0 atom stereocenters. The molecule has 1 heterocycles. The smallest absolute Gasteiger partial charge is 0.369 e. The zero-order valence-corrected chi connectivity index (χ0v) is 11.2. The van der Waals surface area contributed by atoms with Crippen molar-refractivity contribution in [2.45, 2.75) is 19.5 Å². The van der Waals surface area contributed by atoms with Crippen molar-refractivity contribution in [2.75, 3.05) is 0 Å². The number of hydrogen-bond donors (Lipinski definition) is 1. The minimum Gasteiger partial charge on any atom is -0.369 e. The molecule has 0 aliphatic heterocycles. The van der Waals surface area contributed by atoms with Gasteiger partial charge in [0, 0.05) is 11.9 Å². The quantitative estimate of drug-likeness (QED) is 0.945. The van der Waals surface area contributed by atoms with E-state index in [9.17, 15) is 18.0 Å². The Morgan fingerprint density at radius 3 is 2.52 bits per heavy atom. The average Bonchev–Trinajstić information content (AvgIpc) is 2.37. The molecule has 110 valence electrons. The van der Waals surface area contributed by atoms with Crippen LogP contribution in [0.25, 0.3) is 11.1 Å². The lowest BCUT2D eigenvalue weighted by Gasteiger charge is -2.14. The van der Waals surface area contributed by atoms with Crippen LogP contribution in [0.2, 0.25) is 0 Å². The summed E-state index contributed by atoms with van der Waals surface area (Å²) in [5.41, 5.74) is 5.59. The van der Waals surface area contributed by atoms with E-state index in [-0.39, 0.29) is 17.5 Å². The Balaban J connectivity index is 2.58. The average molecular weight is 294 g/mol. The first-order valence-corrected chi connectivity index (χ1v) is 6.19. The zero-order valence-electron chi connectivity index (χ0n) is 11.2. The number of rotatable bonds is 3. The zero-order chi connectivity index (χ0) is 15.6. The molecule has 0 bridgehead atoms. The van der Waals surface area contributed by atoms with Gasteiger partial charge < -0.3 is 5.73 Å². The van der Waals surface area contributed by atoms with Gasteiger partial charge in [0.1, 0.15) is 0 Å². The van der Waals surface area contributed by atoms with Gasteiger partial charge in [-0.25, -0.2) is 0 Å². The summed E-state index contributed by atoms with van der Waals surface area (Å²) < 4.78 is 39.7. The van der Waals surface area contributed by atoms with Gasteiger partial charge in [0.15, 0.2) is 0 Å². The van der Waals surface area contributed by atoms with Crippen molar-refractivity contribution in [1.29, 1.82) is 0 Å². The molecule has 3 nitrogen and oxygen atoms in total. The van der Waals surface area contributed by atoms with Gasteiger partial charge in [-0.2, -0.15) is 13.2 Å². The minimum atomic E-state index is -4.51. The van der Waals surface area contributed by atoms with Crippen LogP contribution in [-0.2, 0) is 17.4 Å². The van der Waals surface area contributed by atoms with Gasteiger partial charge in [-0.1, -0.05) is 12.1 Å². The SMILES string of the molecule is Cc1cc(-c2ccc(CC(N)=O)cc2C(F)(F)F)ccn1. The molecule has 0 aliphatic rings. The molecule has 0 radical (unpaired) electrons. The lowest BCUT2D eigenvalue weighted by Crippen LogP contribution is -2.15. The van der Waals surface area contributed by atoms with Gasteiger partial charge in [0.25, 0.3) is 0 Å². The van der Waals surface area contributed by atoms with Gasteiger partial charge in [-0.15, -0.1) is 0 Å². The molecule has 0 unspecified atom stereocenters. The van der Waals surface area contributed by atoms with Gasteiger partial charge in [0.05, 0.1) is 12.0 Å². The van der Waals surface area contributed by atoms with E-state index in [1.807, 2.05) is 0 Å². The predicted molar refractivity (Wildman–Crippen MR) is 72.3 cm³/mol. The number of alkyl halides is 3. The lowest BCUT2D eigenvalue weighted by molar-refractivity contribution is -0.137. The molecule has 2 aromatic rings. The number of carbonyl (C=O) groups excluding carboxylic acids is 1. The highest BCUT2D eigenvalue weighted by molar-refractivity contribution is 5.77. The summed E-state index contributed by atoms with van der Waals surface area (Å²) in [5, 5.41) is 0. The standard InChI is InChI=1S/C15H13F3N2O/c1-9-6-11(4-5-20-9)12-3-2-10(8-14(19)21)7-13(12)15(16,17)18/h2-7H,8H2,1H3,(H2,19,21). The van der Waals surface area contributed by atoms with Crippen molar-refractivity contribution < 1.29 is 18.0 Å². The first-order chi connectivity index (χ1) is 9.77. The molecule has 2 rings (SSSR count). The molecule has 0 aliphatic carbocycles. The lowest BCUT2D eigenvalue weighted by atomic mass is 9.96. The highest BCUT2D eigenvalue weighted by Crippen LogP contribution is 2.37. The van der Waals surface area contributed by atoms with E-state index in [2.05, 4.69) is 4.98 Å². The summed E-state index contributed by atoms with van der Waals surface area (Å²) in [6.07, 6.45) is -3.28. The second-order valence-electron chi connectivity index (χ2n) is 4.71. The van der Waals surface area contributed by atoms with Crippen molar-refractivity contribution in [2.24, 2.45) is 5.73 Å². The van der Waals surface area contributed by atoms with E-state index in [0.717, 1.165) is 6.07 Å². The Labute approximate surface area is 119 Å². The van der Waals surface area contributed by atoms with Gasteiger partial charge in [-0.3, -0.25) is 9.78 Å². The molecule has 0 saturated heterocycles. The van der Waals surface area contributed by atoms with E-state index < -0.39 is 17.6 Å². The van der Waals surface area contributed by atoms with Crippen LogP contribution in [0.3, 0.4) is 0 Å². The van der Waals surface area contributed by atoms with E-state index in [1.165, 1.54) is 24.4 Å². The Kier molecular flexibility index (Phi) is 3.97. The topological polar surface area (TPSA) is 56.0 Å². The van der Waals surface area contributed by atoms with E-state index in [1.54, 1.807) is 13.0 Å². The van der Waals surface area contributed by atoms with Crippen molar-refractivity contribution in [3.63, 3.8) is 0 Å². The number of nitrogens with zero attached hydrogens (tertiary/aromatic N) is 1. The number of halogens is 3. The number of hydrogen-bond acceptors (Lipinski definition) is 2. The first kappa shape index (κ1) is 15.0. The monoisotopic (exact) mass is 294 g/mol. The number of aromatic nitrogens is 1. The van der Waals surface area contributed by atoms with Crippen molar-refractivity contribution >= 4 is 5.91 Å². The fraction of sp³-hybridized carbons (Fsp3) is 0.200. The van der Waals surface area contributed by atoms with Crippen LogP contribution < -0.4 is 5.73 Å². The predicted octanol–water partition coefficient (Wildman–Crippen LogP) is 3.10. The summed E-state index contributed by atoms with van der Waals surface area (Å²) in [6, 6.07) is 6.90. The number of primary amides is 1. The Bertz CT molecular complexity index is 681. The van der Waals surface area contributed by atoms with Crippen LogP contribution in [0, 0.1) is 6.92 Å². The maximum absolute atomic E-state index is 13.2. The molecule has 1 aromatic heterocycles. The molecule has 0 fully saturated rings. The van der Waals surface area contributed by atoms with Gasteiger partial charge in [-0.05, 0) is 41.8 Å². The van der Waals surface area contributed by atoms with Crippen LogP contribution in [-0.4, -0.2) is 10.9 Å². The fourth-order valence-corrected chi connectivity index (χ4v) is 2.10. The summed E-state index contributed by atoms with van der Waals surface area (Å²) in [7, 11) is 0. The number of benzene rings is 1. The van der Waals surface area contributed by atoms with Crippen LogP contribution in [0.15, 0.2) is 36.5 Å². The molecule has 2 N–H and O–H groups in total. The number of amides is 1. The molecule has 1 aromatic carbocycles. The van der Waals surface area contributed by atoms with Crippen molar-refractivity contribution in [1.82, 2.24) is 4.98 Å². The first-order valence-electron chi connectivity index (χ1n) is 6.19. The second-order valence-corrected chi connectivity index (χ2v) is 4.71. The molecule has 6 heteroatoms. The Morgan fingerprint density at radius 1 is 1.24 bits per heavy atom. The molecule has 0 spiro atoms. The van der Waals surface area contributed by atoms with Crippen LogP contribution in [0.1, 0.15) is 16.8 Å². The highest BCUT2D eigenvalue weighted by atomic mass is 19.4. The largest absolute Gasteiger partial charge is 0.417 e. The number of aryl methyl sites for hydroxylation is 1. The van der Waals surface area contributed by atoms with Crippen LogP contribution in [0.4, 0.5) is 13.2 Å². The van der Waals surface area contributed by atoms with Gasteiger partial charge >= 0.3 is 6.18 Å². The van der Waals surface area contributed by atoms with Gasteiger partial charge in [0.2, 0.25) is 5.91 Å². The summed E-state index contributed by atoms with van der Waals surface area (Å²) in [6.45, 7) is 1.71. The maximum atomic E-state index is 13.2. The third kappa shape index (κ3) is 3.59. The van der Waals surface area contributed by atoms with Crippen LogP contribution >= 0.6 is 0 Å². The summed E-state index contributed by atoms with van der Waals surface area (Å²) in [5.74, 6) is -0.671. The molecular formula is C15H13F3N2O. The molecular weight excluding hydrogens is 281 g/mol. The number of nitrogens with two attached hydrogens (primary N) is 1. The van der Waals surface area contributed by atoms with E-state index in [0.29, 0.717) is 11.3 Å². The Hall–Kier alpha value is -2.37. The third-order valence-corrected chi connectivity index (χ3v) is 2.98. The fourth-order valence-electron chi connectivity index (χ4n) is 2.10. The number of carbonyl (C=O) groups is 1. The molecule has 21 heavy (non-hydrogen) atoms. The van der Waals surface area contributed by atoms with Crippen molar-refractivity contribution in [3.8, 4) is 11.1 Å². The Morgan fingerprint density at radius 2 is 1.95 bits per heavy atom. The normalized spacial score (nSPS) is 11.4. The summed E-state index contributed by atoms with van der Waals surface area (Å²) >= 11 is 0.